The lowest BCUT2D eigenvalue weighted by molar-refractivity contribution is 0.314. The minimum atomic E-state index is -3.47. The van der Waals surface area contributed by atoms with Gasteiger partial charge in [0.2, 0.25) is 16.0 Å². The van der Waals surface area contributed by atoms with Gasteiger partial charge in [0, 0.05) is 5.88 Å². The zero-order valence-electron chi connectivity index (χ0n) is 9.60. The van der Waals surface area contributed by atoms with E-state index in [0.717, 1.165) is 0 Å². The number of nitrogens with zero attached hydrogens (tertiary/aromatic N) is 2. The lowest BCUT2D eigenvalue weighted by atomic mass is 10.3. The molecule has 0 spiro atoms. The molecule has 7 nitrogen and oxygen atoms in total. The smallest absolute Gasteiger partial charge is 0.337 e. The van der Waals surface area contributed by atoms with Crippen LogP contribution >= 0.6 is 11.6 Å². The zero-order chi connectivity index (χ0) is 12.9. The molecule has 0 aromatic carbocycles. The molecule has 0 radical (unpaired) electrons. The summed E-state index contributed by atoms with van der Waals surface area (Å²) in [6.07, 6.45) is 0. The van der Waals surface area contributed by atoms with Crippen molar-refractivity contribution >= 4 is 27.6 Å². The molecule has 1 rings (SSSR count). The van der Waals surface area contributed by atoms with Crippen LogP contribution in [-0.2, 0) is 10.0 Å². The number of ether oxygens (including phenoxy) is 1. The molecule has 0 bridgehead atoms. The molecule has 0 aliphatic rings. The number of sulfonamides is 1. The quantitative estimate of drug-likeness (QED) is 0.722. The second-order valence-corrected chi connectivity index (χ2v) is 5.62. The number of rotatable bonds is 7. The Labute approximate surface area is 105 Å². The van der Waals surface area contributed by atoms with E-state index in [-0.39, 0.29) is 29.5 Å². The Morgan fingerprint density at radius 3 is 2.88 bits per heavy atom. The normalized spacial score (nSPS) is 13.4. The molecule has 2 N–H and O–H groups in total. The first kappa shape index (κ1) is 14.0. The molecular weight excluding hydrogens is 268 g/mol. The van der Waals surface area contributed by atoms with Gasteiger partial charge < -0.3 is 4.74 Å². The van der Waals surface area contributed by atoms with Gasteiger partial charge in [-0.25, -0.2) is 13.5 Å². The van der Waals surface area contributed by atoms with Crippen molar-refractivity contribution in [2.24, 2.45) is 5.92 Å². The van der Waals surface area contributed by atoms with E-state index in [1.165, 1.54) is 0 Å². The topological polar surface area (TPSA) is 97.0 Å². The molecule has 17 heavy (non-hydrogen) atoms. The Bertz CT molecular complexity index is 447. The summed E-state index contributed by atoms with van der Waals surface area (Å²) in [6, 6.07) is 0.107. The Balaban J connectivity index is 2.63. The van der Waals surface area contributed by atoms with Crippen LogP contribution in [0.25, 0.3) is 0 Å². The van der Waals surface area contributed by atoms with Gasteiger partial charge in [-0.3, -0.25) is 4.72 Å². The second kappa shape index (κ2) is 6.06. The lowest BCUT2D eigenvalue weighted by Gasteiger charge is -2.08. The molecule has 0 fully saturated rings. The minimum absolute atomic E-state index is 0.0372. The summed E-state index contributed by atoms with van der Waals surface area (Å²) in [7, 11) is -3.47. The highest BCUT2D eigenvalue weighted by atomic mass is 35.5. The van der Waals surface area contributed by atoms with Crippen molar-refractivity contribution in [3.63, 3.8) is 0 Å². The van der Waals surface area contributed by atoms with Crippen molar-refractivity contribution in [1.29, 1.82) is 0 Å². The Hall–Kier alpha value is -1.02. The van der Waals surface area contributed by atoms with Gasteiger partial charge in [0.1, 0.15) is 0 Å². The molecule has 0 aliphatic heterocycles. The summed E-state index contributed by atoms with van der Waals surface area (Å²) in [5.41, 5.74) is 0. The van der Waals surface area contributed by atoms with Crippen LogP contribution in [0.5, 0.6) is 6.01 Å². The maximum absolute atomic E-state index is 11.6. The highest BCUT2D eigenvalue weighted by Crippen LogP contribution is 2.10. The number of anilines is 1. The van der Waals surface area contributed by atoms with Gasteiger partial charge in [0.05, 0.1) is 12.4 Å². The van der Waals surface area contributed by atoms with Crippen LogP contribution in [0.15, 0.2) is 0 Å². The fourth-order valence-electron chi connectivity index (χ4n) is 1.09. The number of halogens is 1. The van der Waals surface area contributed by atoms with Gasteiger partial charge in [0.15, 0.2) is 0 Å². The van der Waals surface area contributed by atoms with E-state index in [1.54, 1.807) is 13.8 Å². The summed E-state index contributed by atoms with van der Waals surface area (Å²) in [6.45, 7) is 3.94. The van der Waals surface area contributed by atoms with Crippen molar-refractivity contribution in [2.45, 2.75) is 13.8 Å². The fraction of sp³-hybridized carbons (Fsp3) is 0.750. The third-order valence-corrected chi connectivity index (χ3v) is 3.80. The van der Waals surface area contributed by atoms with Gasteiger partial charge >= 0.3 is 6.01 Å². The molecule has 1 aromatic heterocycles. The molecule has 0 amide bonds. The van der Waals surface area contributed by atoms with E-state index < -0.39 is 10.0 Å². The summed E-state index contributed by atoms with van der Waals surface area (Å²) in [4.78, 5) is 3.81. The first-order chi connectivity index (χ1) is 7.96. The van der Waals surface area contributed by atoms with Crippen LogP contribution in [0.3, 0.4) is 0 Å². The first-order valence-electron chi connectivity index (χ1n) is 5.08. The van der Waals surface area contributed by atoms with Gasteiger partial charge in [-0.15, -0.1) is 16.7 Å². The monoisotopic (exact) mass is 282 g/mol. The number of nitrogens with one attached hydrogen (secondary N) is 2. The maximum atomic E-state index is 11.6. The Morgan fingerprint density at radius 1 is 1.59 bits per heavy atom. The highest BCUT2D eigenvalue weighted by Gasteiger charge is 2.17. The third kappa shape index (κ3) is 4.78. The molecule has 1 unspecified atom stereocenters. The molecular formula is C8H15ClN4O3S. The maximum Gasteiger partial charge on any atom is 0.337 e. The second-order valence-electron chi connectivity index (χ2n) is 3.54. The Kier molecular flexibility index (Phi) is 5.01. The summed E-state index contributed by atoms with van der Waals surface area (Å²) in [5.74, 6) is 0.113. The van der Waals surface area contributed by atoms with Crippen molar-refractivity contribution in [3.05, 3.63) is 0 Å². The van der Waals surface area contributed by atoms with E-state index >= 15 is 0 Å². The molecule has 9 heteroatoms. The van der Waals surface area contributed by atoms with Crippen LogP contribution in [0.2, 0.25) is 0 Å². The van der Waals surface area contributed by atoms with Gasteiger partial charge in [-0.2, -0.15) is 4.98 Å². The predicted octanol–water partition coefficient (Wildman–Crippen LogP) is 0.820. The Morgan fingerprint density at radius 2 is 2.29 bits per heavy atom. The van der Waals surface area contributed by atoms with Gasteiger partial charge in [-0.1, -0.05) is 6.92 Å². The van der Waals surface area contributed by atoms with E-state index in [2.05, 4.69) is 19.9 Å². The average molecular weight is 283 g/mol. The van der Waals surface area contributed by atoms with E-state index in [1.807, 2.05) is 0 Å². The number of H-pyrrole nitrogens is 1. The van der Waals surface area contributed by atoms with Crippen molar-refractivity contribution < 1.29 is 13.2 Å². The number of aromatic nitrogens is 3. The van der Waals surface area contributed by atoms with Gasteiger partial charge in [-0.05, 0) is 12.8 Å². The lowest BCUT2D eigenvalue weighted by Crippen LogP contribution is -2.22. The molecule has 0 saturated heterocycles. The number of alkyl halides is 1. The van der Waals surface area contributed by atoms with E-state index in [4.69, 9.17) is 16.3 Å². The van der Waals surface area contributed by atoms with Crippen LogP contribution in [0.4, 0.5) is 5.95 Å². The molecule has 0 aliphatic carbocycles. The summed E-state index contributed by atoms with van der Waals surface area (Å²) in [5, 5.41) is 6.11. The highest BCUT2D eigenvalue weighted by molar-refractivity contribution is 7.92. The number of hydrogen-bond donors (Lipinski definition) is 2. The standard InChI is InChI=1S/C8H15ClN4O3S/c1-3-16-8-10-7(11-12-8)13-17(14,15)5-6(2)4-9/h6H,3-5H2,1-2H3,(H2,10,11,12,13). The number of aromatic amines is 1. The molecule has 1 heterocycles. The van der Waals surface area contributed by atoms with Crippen molar-refractivity contribution in [2.75, 3.05) is 23.0 Å². The molecule has 98 valence electrons. The predicted molar refractivity (Wildman–Crippen MR) is 64.8 cm³/mol. The zero-order valence-corrected chi connectivity index (χ0v) is 11.2. The average Bonchev–Trinajstić information content (AvgIpc) is 2.64. The van der Waals surface area contributed by atoms with E-state index in [0.29, 0.717) is 6.61 Å². The van der Waals surface area contributed by atoms with Crippen molar-refractivity contribution in [3.8, 4) is 6.01 Å². The van der Waals surface area contributed by atoms with E-state index in [9.17, 15) is 8.42 Å². The van der Waals surface area contributed by atoms with Crippen molar-refractivity contribution in [1.82, 2.24) is 15.2 Å². The van der Waals surface area contributed by atoms with Crippen LogP contribution < -0.4 is 9.46 Å². The molecule has 1 atom stereocenters. The van der Waals surface area contributed by atoms with Crippen LogP contribution in [0.1, 0.15) is 13.8 Å². The minimum Gasteiger partial charge on any atom is -0.463 e. The summed E-state index contributed by atoms with van der Waals surface area (Å²) < 4.78 is 30.5. The summed E-state index contributed by atoms with van der Waals surface area (Å²) >= 11 is 5.56. The third-order valence-electron chi connectivity index (χ3n) is 1.76. The van der Waals surface area contributed by atoms with Gasteiger partial charge in [0.25, 0.3) is 0 Å². The first-order valence-corrected chi connectivity index (χ1v) is 7.27. The van der Waals surface area contributed by atoms with Crippen LogP contribution in [0, 0.1) is 5.92 Å². The number of hydrogen-bond acceptors (Lipinski definition) is 5. The SMILES string of the molecule is CCOc1n[nH]c(NS(=O)(=O)CC(C)CCl)n1. The largest absolute Gasteiger partial charge is 0.463 e. The molecule has 0 saturated carbocycles. The van der Waals surface area contributed by atoms with Crippen LogP contribution in [-0.4, -0.2) is 41.8 Å². The molecule has 1 aromatic rings. The fourth-order valence-corrected chi connectivity index (χ4v) is 2.67.